The van der Waals surface area contributed by atoms with Crippen molar-refractivity contribution in [2.24, 2.45) is 5.41 Å². The standard InChI is InChI=1S/C17H24N2O/c1-5-7-17(12-18,8-6-2)16(20)19-15-10-13(3)9-14(4)11-15/h9-11H,5-8H2,1-4H3,(H,19,20). The van der Waals surface area contributed by atoms with Gasteiger partial charge < -0.3 is 5.32 Å². The van der Waals surface area contributed by atoms with E-state index in [-0.39, 0.29) is 5.91 Å². The van der Waals surface area contributed by atoms with Crippen molar-refractivity contribution in [2.45, 2.75) is 53.4 Å². The van der Waals surface area contributed by atoms with Gasteiger partial charge in [0, 0.05) is 5.69 Å². The second-order valence-electron chi connectivity index (χ2n) is 5.52. The summed E-state index contributed by atoms with van der Waals surface area (Å²) in [4.78, 5) is 12.5. The number of nitrogens with zero attached hydrogens (tertiary/aromatic N) is 1. The molecule has 20 heavy (non-hydrogen) atoms. The lowest BCUT2D eigenvalue weighted by atomic mass is 9.79. The molecule has 0 aliphatic heterocycles. The van der Waals surface area contributed by atoms with Crippen molar-refractivity contribution in [3.05, 3.63) is 29.3 Å². The summed E-state index contributed by atoms with van der Waals surface area (Å²) < 4.78 is 0. The molecular weight excluding hydrogens is 248 g/mol. The van der Waals surface area contributed by atoms with Crippen molar-refractivity contribution in [2.75, 3.05) is 5.32 Å². The van der Waals surface area contributed by atoms with E-state index in [1.54, 1.807) is 0 Å². The predicted octanol–water partition coefficient (Wildman–Crippen LogP) is 4.35. The van der Waals surface area contributed by atoms with Gasteiger partial charge in [-0.05, 0) is 49.9 Å². The number of rotatable bonds is 6. The molecule has 0 saturated heterocycles. The fourth-order valence-electron chi connectivity index (χ4n) is 2.67. The minimum Gasteiger partial charge on any atom is -0.325 e. The first-order valence-electron chi connectivity index (χ1n) is 7.28. The highest BCUT2D eigenvalue weighted by molar-refractivity contribution is 5.97. The molecule has 3 heteroatoms. The fourth-order valence-corrected chi connectivity index (χ4v) is 2.67. The Morgan fingerprint density at radius 3 is 2.05 bits per heavy atom. The minimum absolute atomic E-state index is 0.172. The second-order valence-corrected chi connectivity index (χ2v) is 5.52. The normalized spacial score (nSPS) is 10.9. The van der Waals surface area contributed by atoms with Crippen molar-refractivity contribution in [3.8, 4) is 6.07 Å². The van der Waals surface area contributed by atoms with Gasteiger partial charge in [-0.3, -0.25) is 4.79 Å². The first-order chi connectivity index (χ1) is 9.47. The molecule has 0 aliphatic carbocycles. The van der Waals surface area contributed by atoms with Gasteiger partial charge in [-0.2, -0.15) is 5.26 Å². The van der Waals surface area contributed by atoms with E-state index in [1.807, 2.05) is 39.8 Å². The van der Waals surface area contributed by atoms with E-state index in [4.69, 9.17) is 0 Å². The van der Waals surface area contributed by atoms with Gasteiger partial charge in [-0.15, -0.1) is 0 Å². The Balaban J connectivity index is 2.99. The van der Waals surface area contributed by atoms with Crippen LogP contribution in [0.2, 0.25) is 0 Å². The molecule has 0 fully saturated rings. The van der Waals surface area contributed by atoms with Crippen LogP contribution in [0.1, 0.15) is 50.7 Å². The third kappa shape index (κ3) is 3.84. The third-order valence-electron chi connectivity index (χ3n) is 3.48. The lowest BCUT2D eigenvalue weighted by molar-refractivity contribution is -0.123. The number of hydrogen-bond donors (Lipinski definition) is 1. The topological polar surface area (TPSA) is 52.9 Å². The maximum Gasteiger partial charge on any atom is 0.244 e. The van der Waals surface area contributed by atoms with E-state index in [0.29, 0.717) is 12.8 Å². The molecule has 0 saturated carbocycles. The first-order valence-corrected chi connectivity index (χ1v) is 7.28. The summed E-state index contributed by atoms with van der Waals surface area (Å²) in [6, 6.07) is 8.19. The molecule has 1 amide bonds. The fraction of sp³-hybridized carbons (Fsp3) is 0.529. The molecular formula is C17H24N2O. The lowest BCUT2D eigenvalue weighted by Gasteiger charge is -2.24. The van der Waals surface area contributed by atoms with Crippen LogP contribution in [0.25, 0.3) is 0 Å². The molecule has 0 aromatic heterocycles. The quantitative estimate of drug-likeness (QED) is 0.836. The number of nitriles is 1. The van der Waals surface area contributed by atoms with Crippen molar-refractivity contribution < 1.29 is 4.79 Å². The summed E-state index contributed by atoms with van der Waals surface area (Å²) in [7, 11) is 0. The summed E-state index contributed by atoms with van der Waals surface area (Å²) in [5, 5.41) is 12.4. The number of nitrogens with one attached hydrogen (secondary N) is 1. The van der Waals surface area contributed by atoms with Gasteiger partial charge in [-0.1, -0.05) is 32.8 Å². The van der Waals surface area contributed by atoms with Gasteiger partial charge in [0.25, 0.3) is 0 Å². The SMILES string of the molecule is CCCC(C#N)(CCC)C(=O)Nc1cc(C)cc(C)c1. The zero-order valence-electron chi connectivity index (χ0n) is 12.9. The third-order valence-corrected chi connectivity index (χ3v) is 3.48. The van der Waals surface area contributed by atoms with Crippen molar-refractivity contribution in [3.63, 3.8) is 0 Å². The maximum absolute atomic E-state index is 12.5. The molecule has 1 N–H and O–H groups in total. The lowest BCUT2D eigenvalue weighted by Crippen LogP contribution is -2.35. The second kappa shape index (κ2) is 7.09. The Hall–Kier alpha value is -1.82. The molecule has 0 bridgehead atoms. The highest BCUT2D eigenvalue weighted by Crippen LogP contribution is 2.31. The average molecular weight is 272 g/mol. The number of amides is 1. The van der Waals surface area contributed by atoms with E-state index in [1.165, 1.54) is 0 Å². The molecule has 3 nitrogen and oxygen atoms in total. The van der Waals surface area contributed by atoms with E-state index in [2.05, 4.69) is 17.5 Å². The average Bonchev–Trinajstić information content (AvgIpc) is 2.36. The summed E-state index contributed by atoms with van der Waals surface area (Å²) >= 11 is 0. The smallest absolute Gasteiger partial charge is 0.244 e. The molecule has 0 spiro atoms. The Kier molecular flexibility index (Phi) is 5.76. The van der Waals surface area contributed by atoms with Crippen LogP contribution in [0.5, 0.6) is 0 Å². The molecule has 1 aromatic rings. The largest absolute Gasteiger partial charge is 0.325 e. The van der Waals surface area contributed by atoms with E-state index >= 15 is 0 Å². The van der Waals surface area contributed by atoms with Crippen LogP contribution in [0, 0.1) is 30.6 Å². The molecule has 0 atom stereocenters. The number of anilines is 1. The predicted molar refractivity (Wildman–Crippen MR) is 82.4 cm³/mol. The zero-order chi connectivity index (χ0) is 15.2. The molecule has 0 aliphatic rings. The highest BCUT2D eigenvalue weighted by atomic mass is 16.2. The van der Waals surface area contributed by atoms with Crippen LogP contribution < -0.4 is 5.32 Å². The van der Waals surface area contributed by atoms with Crippen LogP contribution in [0.3, 0.4) is 0 Å². The Bertz CT molecular complexity index is 488. The van der Waals surface area contributed by atoms with E-state index in [9.17, 15) is 10.1 Å². The molecule has 108 valence electrons. The van der Waals surface area contributed by atoms with Crippen LogP contribution in [-0.2, 0) is 4.79 Å². The van der Waals surface area contributed by atoms with E-state index < -0.39 is 5.41 Å². The van der Waals surface area contributed by atoms with Gasteiger partial charge in [-0.25, -0.2) is 0 Å². The van der Waals surface area contributed by atoms with Crippen LogP contribution in [0.4, 0.5) is 5.69 Å². The maximum atomic E-state index is 12.5. The monoisotopic (exact) mass is 272 g/mol. The van der Waals surface area contributed by atoms with Crippen molar-refractivity contribution in [1.82, 2.24) is 0 Å². The Morgan fingerprint density at radius 2 is 1.65 bits per heavy atom. The molecule has 0 heterocycles. The first kappa shape index (κ1) is 16.2. The zero-order valence-corrected chi connectivity index (χ0v) is 12.9. The summed E-state index contributed by atoms with van der Waals surface area (Å²) in [5.41, 5.74) is 2.09. The van der Waals surface area contributed by atoms with Gasteiger partial charge in [0.05, 0.1) is 6.07 Å². The summed E-state index contributed by atoms with van der Waals surface area (Å²) in [6.07, 6.45) is 2.86. The van der Waals surface area contributed by atoms with Crippen LogP contribution in [-0.4, -0.2) is 5.91 Å². The van der Waals surface area contributed by atoms with Crippen LogP contribution in [0.15, 0.2) is 18.2 Å². The van der Waals surface area contributed by atoms with Crippen molar-refractivity contribution >= 4 is 11.6 Å². The summed E-state index contributed by atoms with van der Waals surface area (Å²) in [5.74, 6) is -0.172. The number of benzene rings is 1. The Morgan fingerprint density at radius 1 is 1.15 bits per heavy atom. The number of carbonyl (C=O) groups is 1. The van der Waals surface area contributed by atoms with Gasteiger partial charge in [0.15, 0.2) is 0 Å². The number of carbonyl (C=O) groups excluding carboxylic acids is 1. The van der Waals surface area contributed by atoms with E-state index in [0.717, 1.165) is 29.7 Å². The highest BCUT2D eigenvalue weighted by Gasteiger charge is 2.36. The molecule has 1 aromatic carbocycles. The molecule has 0 unspecified atom stereocenters. The Labute approximate surface area is 122 Å². The van der Waals surface area contributed by atoms with Gasteiger partial charge >= 0.3 is 0 Å². The van der Waals surface area contributed by atoms with Gasteiger partial charge in [0.1, 0.15) is 5.41 Å². The van der Waals surface area contributed by atoms with Crippen LogP contribution >= 0.6 is 0 Å². The minimum atomic E-state index is -0.902. The van der Waals surface area contributed by atoms with Gasteiger partial charge in [0.2, 0.25) is 5.91 Å². The summed E-state index contributed by atoms with van der Waals surface area (Å²) in [6.45, 7) is 8.01. The molecule has 0 radical (unpaired) electrons. The number of aryl methyl sites for hydroxylation is 2. The molecule has 1 rings (SSSR count). The number of hydrogen-bond acceptors (Lipinski definition) is 2. The van der Waals surface area contributed by atoms with Crippen molar-refractivity contribution in [1.29, 1.82) is 5.26 Å².